The molecule has 0 heterocycles. The molecule has 0 fully saturated rings. The molecule has 0 aromatic heterocycles. The van der Waals surface area contributed by atoms with E-state index in [0.717, 1.165) is 108 Å². The molecular formula is C88H172O17P2. The van der Waals surface area contributed by atoms with Crippen molar-refractivity contribution < 1.29 is 80.2 Å². The van der Waals surface area contributed by atoms with Gasteiger partial charge in [-0.15, -0.1) is 0 Å². The summed E-state index contributed by atoms with van der Waals surface area (Å²) in [5.74, 6) is 0.227. The van der Waals surface area contributed by atoms with Crippen molar-refractivity contribution in [3.63, 3.8) is 0 Å². The summed E-state index contributed by atoms with van der Waals surface area (Å²) in [7, 11) is -9.93. The van der Waals surface area contributed by atoms with E-state index in [4.69, 9.17) is 37.0 Å². The lowest BCUT2D eigenvalue weighted by atomic mass is 9.99. The average Bonchev–Trinajstić information content (AvgIpc) is 0.905. The predicted octanol–water partition coefficient (Wildman–Crippen LogP) is 26.9. The van der Waals surface area contributed by atoms with Crippen LogP contribution in [0.4, 0.5) is 0 Å². The highest BCUT2D eigenvalue weighted by molar-refractivity contribution is 7.47. The molecule has 6 atom stereocenters. The molecule has 3 N–H and O–H groups in total. The van der Waals surface area contributed by atoms with Crippen molar-refractivity contribution >= 4 is 39.5 Å². The molecule has 0 saturated heterocycles. The molecule has 636 valence electrons. The lowest BCUT2D eigenvalue weighted by molar-refractivity contribution is -0.161. The van der Waals surface area contributed by atoms with Crippen LogP contribution in [0.15, 0.2) is 0 Å². The summed E-state index contributed by atoms with van der Waals surface area (Å²) in [6.45, 7) is 12.0. The number of aliphatic hydroxyl groups is 1. The summed E-state index contributed by atoms with van der Waals surface area (Å²) >= 11 is 0. The number of hydrogen-bond acceptors (Lipinski definition) is 15. The van der Waals surface area contributed by atoms with E-state index < -0.39 is 97.5 Å². The predicted molar refractivity (Wildman–Crippen MR) is 441 cm³/mol. The first kappa shape index (κ1) is 105. The van der Waals surface area contributed by atoms with Gasteiger partial charge in [-0.25, -0.2) is 9.13 Å². The topological polar surface area (TPSA) is 237 Å². The van der Waals surface area contributed by atoms with Gasteiger partial charge < -0.3 is 33.8 Å². The molecule has 0 saturated carbocycles. The van der Waals surface area contributed by atoms with Crippen LogP contribution in [-0.4, -0.2) is 96.7 Å². The zero-order chi connectivity index (χ0) is 78.6. The monoisotopic (exact) mass is 1560 g/mol. The number of phosphoric ester groups is 2. The zero-order valence-corrected chi connectivity index (χ0v) is 72.4. The van der Waals surface area contributed by atoms with Gasteiger partial charge in [0.2, 0.25) is 0 Å². The van der Waals surface area contributed by atoms with Crippen LogP contribution in [0.5, 0.6) is 0 Å². The number of carbonyl (C=O) groups excluding carboxylic acids is 4. The van der Waals surface area contributed by atoms with Gasteiger partial charge in [-0.3, -0.25) is 37.3 Å². The second kappa shape index (κ2) is 78.0. The Hall–Kier alpha value is -1.94. The highest BCUT2D eigenvalue weighted by atomic mass is 31.2. The Bertz CT molecular complexity index is 2060. The van der Waals surface area contributed by atoms with Crippen molar-refractivity contribution in [1.29, 1.82) is 0 Å². The number of phosphoric acid groups is 2. The molecule has 17 nitrogen and oxygen atoms in total. The maximum atomic E-state index is 13.2. The summed E-state index contributed by atoms with van der Waals surface area (Å²) in [6, 6.07) is 0. The molecule has 0 aliphatic heterocycles. The minimum atomic E-state index is -4.97. The fourth-order valence-corrected chi connectivity index (χ4v) is 15.3. The van der Waals surface area contributed by atoms with E-state index in [-0.39, 0.29) is 25.7 Å². The molecule has 0 amide bonds. The van der Waals surface area contributed by atoms with Crippen LogP contribution < -0.4 is 0 Å². The minimum Gasteiger partial charge on any atom is -0.462 e. The molecule has 19 heteroatoms. The molecule has 3 unspecified atom stereocenters. The van der Waals surface area contributed by atoms with Crippen LogP contribution >= 0.6 is 15.6 Å². The van der Waals surface area contributed by atoms with Crippen molar-refractivity contribution in [3.05, 3.63) is 0 Å². The first-order valence-corrected chi connectivity index (χ1v) is 48.4. The Morgan fingerprint density at radius 3 is 0.710 bits per heavy atom. The highest BCUT2D eigenvalue weighted by Crippen LogP contribution is 2.45. The fourth-order valence-electron chi connectivity index (χ4n) is 13.7. The molecule has 0 aliphatic rings. The van der Waals surface area contributed by atoms with Gasteiger partial charge in [-0.05, 0) is 43.4 Å². The van der Waals surface area contributed by atoms with Gasteiger partial charge in [-0.1, -0.05) is 414 Å². The first-order valence-electron chi connectivity index (χ1n) is 45.4. The summed E-state index contributed by atoms with van der Waals surface area (Å²) in [5.41, 5.74) is 0. The molecule has 0 aromatic carbocycles. The molecule has 0 rings (SSSR count). The summed E-state index contributed by atoms with van der Waals surface area (Å²) in [5, 5.41) is 10.7. The molecular weight excluding hydrogens is 1390 g/mol. The van der Waals surface area contributed by atoms with Crippen molar-refractivity contribution in [3.8, 4) is 0 Å². The van der Waals surface area contributed by atoms with E-state index in [2.05, 4.69) is 48.5 Å². The van der Waals surface area contributed by atoms with E-state index in [9.17, 15) is 43.2 Å². The largest absolute Gasteiger partial charge is 0.472 e. The van der Waals surface area contributed by atoms with E-state index in [0.29, 0.717) is 25.7 Å². The normalized spacial score (nSPS) is 14.1. The molecule has 0 aromatic rings. The van der Waals surface area contributed by atoms with Gasteiger partial charge in [0.15, 0.2) is 12.2 Å². The van der Waals surface area contributed by atoms with Crippen molar-refractivity contribution in [2.24, 2.45) is 17.8 Å². The maximum absolute atomic E-state index is 13.2. The van der Waals surface area contributed by atoms with E-state index in [1.165, 1.54) is 276 Å². The SMILES string of the molecule is CCCCCCCCCCCCCCCCCCCCCCCCC(=O)OC[C@H](COP(=O)(O)OC[C@@H](O)COP(=O)(O)OC[C@@H](COC(=O)CCCCCCCCCCC(C)C)OC(=O)CCCCCCCCCCCC(C)C)OC(=O)CCCCCCCCCCCCCCCCCCCCC(C)CC. The zero-order valence-electron chi connectivity index (χ0n) is 70.6. The maximum Gasteiger partial charge on any atom is 0.472 e. The Labute approximate surface area is 658 Å². The third-order valence-electron chi connectivity index (χ3n) is 21.0. The Balaban J connectivity index is 5.20. The van der Waals surface area contributed by atoms with Crippen molar-refractivity contribution in [2.75, 3.05) is 39.6 Å². The van der Waals surface area contributed by atoms with Gasteiger partial charge in [0.1, 0.15) is 19.3 Å². The Morgan fingerprint density at radius 1 is 0.271 bits per heavy atom. The third-order valence-corrected chi connectivity index (χ3v) is 22.9. The van der Waals surface area contributed by atoms with Gasteiger partial charge in [0, 0.05) is 25.7 Å². The molecule has 0 spiro atoms. The number of rotatable bonds is 86. The van der Waals surface area contributed by atoms with Crippen LogP contribution in [-0.2, 0) is 65.4 Å². The second-order valence-corrected chi connectivity index (χ2v) is 35.7. The lowest BCUT2D eigenvalue weighted by Gasteiger charge is -2.21. The number of carbonyl (C=O) groups is 4. The summed E-state index contributed by atoms with van der Waals surface area (Å²) in [4.78, 5) is 73.2. The fraction of sp³-hybridized carbons (Fsp3) is 0.955. The van der Waals surface area contributed by atoms with Crippen LogP contribution in [0.25, 0.3) is 0 Å². The third kappa shape index (κ3) is 80.5. The number of ether oxygens (including phenoxy) is 4. The van der Waals surface area contributed by atoms with E-state index in [1.54, 1.807) is 0 Å². The van der Waals surface area contributed by atoms with Gasteiger partial charge >= 0.3 is 39.5 Å². The average molecular weight is 1560 g/mol. The standard InChI is InChI=1S/C88H172O17P2/c1-8-10-11-12-13-14-15-16-17-18-19-20-21-22-26-29-32-35-40-48-55-62-69-85(90)98-75-83(104-87(92)71-64-57-50-41-36-33-30-27-24-23-25-28-31-34-39-47-54-61-68-81(7)9-2)77-102-106(94,95)100-73-82(89)74-101-107(96,97)103-78-84(76-99-86(91)70-63-56-49-44-43-46-53-60-67-80(5)6)105-88(93)72-65-58-51-42-37-38-45-52-59-66-79(3)4/h79-84,89H,8-78H2,1-7H3,(H,94,95)(H,96,97)/t81?,82-,83-,84-/m1/s1. The molecule has 0 bridgehead atoms. The number of esters is 4. The summed E-state index contributed by atoms with van der Waals surface area (Å²) in [6.07, 6.45) is 69.7. The van der Waals surface area contributed by atoms with E-state index >= 15 is 0 Å². The Morgan fingerprint density at radius 2 is 0.477 bits per heavy atom. The van der Waals surface area contributed by atoms with Crippen LogP contribution in [0.1, 0.15) is 466 Å². The van der Waals surface area contributed by atoms with Crippen molar-refractivity contribution in [2.45, 2.75) is 484 Å². The van der Waals surface area contributed by atoms with Crippen LogP contribution in [0, 0.1) is 17.8 Å². The first-order chi connectivity index (χ1) is 51.8. The number of hydrogen-bond donors (Lipinski definition) is 3. The number of unbranched alkanes of at least 4 members (excludes halogenated alkanes) is 53. The van der Waals surface area contributed by atoms with Crippen molar-refractivity contribution in [1.82, 2.24) is 0 Å². The lowest BCUT2D eigenvalue weighted by Crippen LogP contribution is -2.30. The molecule has 0 radical (unpaired) electrons. The van der Waals surface area contributed by atoms with Gasteiger partial charge in [0.05, 0.1) is 26.4 Å². The van der Waals surface area contributed by atoms with Crippen LogP contribution in [0.3, 0.4) is 0 Å². The van der Waals surface area contributed by atoms with Gasteiger partial charge in [0.25, 0.3) is 0 Å². The smallest absolute Gasteiger partial charge is 0.462 e. The van der Waals surface area contributed by atoms with Gasteiger partial charge in [-0.2, -0.15) is 0 Å². The minimum absolute atomic E-state index is 0.105. The molecule has 0 aliphatic carbocycles. The highest BCUT2D eigenvalue weighted by Gasteiger charge is 2.31. The molecule has 107 heavy (non-hydrogen) atoms. The second-order valence-electron chi connectivity index (χ2n) is 32.8. The quantitative estimate of drug-likeness (QED) is 0.0222. The number of aliphatic hydroxyl groups excluding tert-OH is 1. The van der Waals surface area contributed by atoms with E-state index in [1.807, 2.05) is 0 Å². The Kier molecular flexibility index (Phi) is 76.6. The summed E-state index contributed by atoms with van der Waals surface area (Å²) < 4.78 is 68.9. The van der Waals surface area contributed by atoms with Crippen LogP contribution in [0.2, 0.25) is 0 Å².